The Morgan fingerprint density at radius 2 is 1.72 bits per heavy atom. The van der Waals surface area contributed by atoms with Crippen molar-refractivity contribution < 1.29 is 26.4 Å². The third kappa shape index (κ3) is 6.43. The van der Waals surface area contributed by atoms with Gasteiger partial charge in [0.1, 0.15) is 9.84 Å². The molecule has 1 aliphatic rings. The molecule has 1 N–H and O–H groups in total. The second-order valence-corrected chi connectivity index (χ2v) is 13.0. The fraction of sp³-hybridized carbons (Fsp3) is 0.600. The SMILES string of the molecule is CCn1nc(C(=O)NC[C@H]2CC[C@H](S(C)(=O)=O)CC2)c(Cl)c1-c1ccc(CC(C)(C)C(F)(F)F)cc1. The summed E-state index contributed by atoms with van der Waals surface area (Å²) < 4.78 is 64.8. The van der Waals surface area contributed by atoms with Crippen molar-refractivity contribution in [1.82, 2.24) is 15.1 Å². The van der Waals surface area contributed by atoms with Crippen LogP contribution in [0.25, 0.3) is 11.3 Å². The molecular formula is C25H33ClF3N3O3S. The average Bonchev–Trinajstić information content (AvgIpc) is 3.13. The molecule has 2 aromatic rings. The second kappa shape index (κ2) is 10.7. The zero-order chi connectivity index (χ0) is 26.9. The number of nitrogens with one attached hydrogen (secondary N) is 1. The van der Waals surface area contributed by atoms with Gasteiger partial charge in [-0.05, 0) is 50.5 Å². The first-order valence-corrected chi connectivity index (χ1v) is 14.4. The van der Waals surface area contributed by atoms with Crippen molar-refractivity contribution in [2.45, 2.75) is 70.8 Å². The van der Waals surface area contributed by atoms with E-state index in [1.807, 2.05) is 6.92 Å². The largest absolute Gasteiger partial charge is 0.394 e. The predicted molar refractivity (Wildman–Crippen MR) is 135 cm³/mol. The predicted octanol–water partition coefficient (Wildman–Crippen LogP) is 5.69. The van der Waals surface area contributed by atoms with E-state index in [4.69, 9.17) is 11.6 Å². The van der Waals surface area contributed by atoms with Gasteiger partial charge in [-0.3, -0.25) is 9.48 Å². The Morgan fingerprint density at radius 3 is 2.22 bits per heavy atom. The average molecular weight is 548 g/mol. The molecule has 36 heavy (non-hydrogen) atoms. The summed E-state index contributed by atoms with van der Waals surface area (Å²) in [6.45, 7) is 5.05. The molecule has 1 fully saturated rings. The quantitative estimate of drug-likeness (QED) is 0.460. The summed E-state index contributed by atoms with van der Waals surface area (Å²) in [6, 6.07) is 6.66. The first-order chi connectivity index (χ1) is 16.6. The fourth-order valence-electron chi connectivity index (χ4n) is 4.57. The molecule has 1 aromatic carbocycles. The molecule has 6 nitrogen and oxygen atoms in total. The molecule has 1 heterocycles. The van der Waals surface area contributed by atoms with Gasteiger partial charge in [0, 0.05) is 24.9 Å². The van der Waals surface area contributed by atoms with Crippen molar-refractivity contribution in [3.8, 4) is 11.3 Å². The van der Waals surface area contributed by atoms with Crippen LogP contribution in [0.3, 0.4) is 0 Å². The Morgan fingerprint density at radius 1 is 1.14 bits per heavy atom. The van der Waals surface area contributed by atoms with Crippen LogP contribution in [0.15, 0.2) is 24.3 Å². The van der Waals surface area contributed by atoms with Gasteiger partial charge in [-0.15, -0.1) is 0 Å². The molecule has 11 heteroatoms. The molecule has 0 bridgehead atoms. The van der Waals surface area contributed by atoms with E-state index in [1.54, 1.807) is 28.9 Å². The molecule has 0 radical (unpaired) electrons. The second-order valence-electron chi connectivity index (χ2n) is 10.3. The van der Waals surface area contributed by atoms with Gasteiger partial charge in [0.25, 0.3) is 5.91 Å². The number of carbonyl (C=O) groups excluding carboxylic acids is 1. The summed E-state index contributed by atoms with van der Waals surface area (Å²) in [5.41, 5.74) is -0.0447. The van der Waals surface area contributed by atoms with Crippen LogP contribution in [0, 0.1) is 11.3 Å². The lowest BCUT2D eigenvalue weighted by atomic mass is 9.85. The molecule has 1 amide bonds. The summed E-state index contributed by atoms with van der Waals surface area (Å²) in [5.74, 6) is -0.228. The van der Waals surface area contributed by atoms with Crippen molar-refractivity contribution in [2.24, 2.45) is 11.3 Å². The van der Waals surface area contributed by atoms with E-state index in [9.17, 15) is 26.4 Å². The number of halogens is 4. The minimum atomic E-state index is -4.31. The van der Waals surface area contributed by atoms with E-state index in [1.165, 1.54) is 20.1 Å². The maximum atomic E-state index is 13.2. The highest BCUT2D eigenvalue weighted by atomic mass is 35.5. The van der Waals surface area contributed by atoms with Gasteiger partial charge >= 0.3 is 6.18 Å². The monoisotopic (exact) mass is 547 g/mol. The number of alkyl halides is 3. The van der Waals surface area contributed by atoms with Crippen molar-refractivity contribution in [3.05, 3.63) is 40.5 Å². The molecule has 1 aromatic heterocycles. The van der Waals surface area contributed by atoms with Gasteiger partial charge in [-0.2, -0.15) is 18.3 Å². The lowest BCUT2D eigenvalue weighted by Crippen LogP contribution is -2.34. The van der Waals surface area contributed by atoms with Crippen molar-refractivity contribution in [1.29, 1.82) is 0 Å². The van der Waals surface area contributed by atoms with Crippen LogP contribution in [0.1, 0.15) is 62.5 Å². The number of amides is 1. The summed E-state index contributed by atoms with van der Waals surface area (Å²) >= 11 is 6.57. The van der Waals surface area contributed by atoms with Gasteiger partial charge in [0.2, 0.25) is 0 Å². The highest BCUT2D eigenvalue weighted by Gasteiger charge is 2.46. The van der Waals surface area contributed by atoms with Crippen LogP contribution >= 0.6 is 11.6 Å². The standard InChI is InChI=1S/C25H33ClF3N3O3S/c1-5-32-22(18-10-6-16(7-11-18)14-24(2,3)25(27,28)29)20(26)21(31-32)23(33)30-15-17-8-12-19(13-9-17)36(4,34)35/h6-7,10-11,17,19H,5,8-9,12-15H2,1-4H3,(H,30,33)/t17-,19-. The number of hydrogen-bond donors (Lipinski definition) is 1. The molecule has 0 aliphatic heterocycles. The van der Waals surface area contributed by atoms with E-state index >= 15 is 0 Å². The van der Waals surface area contributed by atoms with Crippen LogP contribution in [-0.4, -0.2) is 48.3 Å². The molecular weight excluding hydrogens is 515 g/mol. The Labute approximate surface area is 215 Å². The minimum absolute atomic E-state index is 0.0839. The molecule has 3 rings (SSSR count). The van der Waals surface area contributed by atoms with Crippen LogP contribution in [0.5, 0.6) is 0 Å². The highest BCUT2D eigenvalue weighted by Crippen LogP contribution is 2.40. The summed E-state index contributed by atoms with van der Waals surface area (Å²) in [6.07, 6.45) is -0.589. The number of aromatic nitrogens is 2. The number of nitrogens with zero attached hydrogens (tertiary/aromatic N) is 2. The van der Waals surface area contributed by atoms with Gasteiger partial charge in [-0.1, -0.05) is 49.7 Å². The van der Waals surface area contributed by atoms with Crippen molar-refractivity contribution >= 4 is 27.3 Å². The van der Waals surface area contributed by atoms with E-state index in [0.29, 0.717) is 42.8 Å². The number of benzene rings is 1. The topological polar surface area (TPSA) is 81.1 Å². The van der Waals surface area contributed by atoms with Crippen LogP contribution in [0.4, 0.5) is 13.2 Å². The molecule has 0 atom stereocenters. The fourth-order valence-corrected chi connectivity index (χ4v) is 6.02. The number of aryl methyl sites for hydroxylation is 1. The Kier molecular flexibility index (Phi) is 8.50. The summed E-state index contributed by atoms with van der Waals surface area (Å²) in [5, 5.41) is 7.11. The molecule has 0 spiro atoms. The molecule has 0 saturated heterocycles. The van der Waals surface area contributed by atoms with E-state index < -0.39 is 27.3 Å². The minimum Gasteiger partial charge on any atom is -0.350 e. The Bertz CT molecular complexity index is 1180. The number of hydrogen-bond acceptors (Lipinski definition) is 4. The Hall–Kier alpha value is -2.07. The van der Waals surface area contributed by atoms with Crippen LogP contribution < -0.4 is 5.32 Å². The van der Waals surface area contributed by atoms with Crippen LogP contribution in [-0.2, 0) is 22.8 Å². The lowest BCUT2D eigenvalue weighted by Gasteiger charge is -2.27. The first-order valence-electron chi connectivity index (χ1n) is 12.0. The van der Waals surface area contributed by atoms with Gasteiger partial charge < -0.3 is 5.32 Å². The van der Waals surface area contributed by atoms with E-state index in [2.05, 4.69) is 10.4 Å². The number of rotatable bonds is 8. The first kappa shape index (κ1) is 28.5. The third-order valence-electron chi connectivity index (χ3n) is 7.00. The smallest absolute Gasteiger partial charge is 0.350 e. The number of carbonyl (C=O) groups is 1. The van der Waals surface area contributed by atoms with E-state index in [0.717, 1.165) is 12.8 Å². The zero-order valence-electron chi connectivity index (χ0n) is 21.0. The van der Waals surface area contributed by atoms with Crippen molar-refractivity contribution in [3.63, 3.8) is 0 Å². The van der Waals surface area contributed by atoms with Crippen molar-refractivity contribution in [2.75, 3.05) is 12.8 Å². The summed E-state index contributed by atoms with van der Waals surface area (Å²) in [7, 11) is -3.05. The maximum absolute atomic E-state index is 13.2. The summed E-state index contributed by atoms with van der Waals surface area (Å²) in [4.78, 5) is 12.9. The molecule has 1 aliphatic carbocycles. The highest BCUT2D eigenvalue weighted by molar-refractivity contribution is 7.91. The normalized spacial score (nSPS) is 19.3. The van der Waals surface area contributed by atoms with Gasteiger partial charge in [0.15, 0.2) is 5.69 Å². The molecule has 0 unspecified atom stereocenters. The lowest BCUT2D eigenvalue weighted by molar-refractivity contribution is -0.211. The van der Waals surface area contributed by atoms with Crippen LogP contribution in [0.2, 0.25) is 5.02 Å². The Balaban J connectivity index is 1.70. The maximum Gasteiger partial charge on any atom is 0.394 e. The van der Waals surface area contributed by atoms with Gasteiger partial charge in [0.05, 0.1) is 21.4 Å². The van der Waals surface area contributed by atoms with E-state index in [-0.39, 0.29) is 28.3 Å². The zero-order valence-corrected chi connectivity index (χ0v) is 22.5. The van der Waals surface area contributed by atoms with Gasteiger partial charge in [-0.25, -0.2) is 8.42 Å². The molecule has 1 saturated carbocycles. The third-order valence-corrected chi connectivity index (χ3v) is 9.04. The molecule has 200 valence electrons. The number of sulfone groups is 1.